The van der Waals surface area contributed by atoms with Gasteiger partial charge in [-0.15, -0.1) is 12.4 Å². The van der Waals surface area contributed by atoms with E-state index >= 15 is 0 Å². The van der Waals surface area contributed by atoms with Gasteiger partial charge >= 0.3 is 0 Å². The number of aryl methyl sites for hydroxylation is 3. The summed E-state index contributed by atoms with van der Waals surface area (Å²) in [5.41, 5.74) is 8.12. The van der Waals surface area contributed by atoms with Crippen molar-refractivity contribution in [2.24, 2.45) is 5.84 Å². The summed E-state index contributed by atoms with van der Waals surface area (Å²) >= 11 is 0. The van der Waals surface area contributed by atoms with Crippen LogP contribution in [0.4, 0.5) is 5.69 Å². The summed E-state index contributed by atoms with van der Waals surface area (Å²) in [6.45, 7) is 6.15. The molecule has 16 heavy (non-hydrogen) atoms. The zero-order valence-corrected chi connectivity index (χ0v) is 10.5. The van der Waals surface area contributed by atoms with Crippen LogP contribution in [0.1, 0.15) is 16.8 Å². The van der Waals surface area contributed by atoms with Crippen molar-refractivity contribution in [2.75, 3.05) is 5.43 Å². The van der Waals surface area contributed by atoms with E-state index in [1.807, 2.05) is 13.0 Å². The first-order chi connectivity index (χ1) is 7.13. The first-order valence-electron chi connectivity index (χ1n) is 4.97. The summed E-state index contributed by atoms with van der Waals surface area (Å²) in [7, 11) is 0. The van der Waals surface area contributed by atoms with E-state index in [-0.39, 0.29) is 12.4 Å². The summed E-state index contributed by atoms with van der Waals surface area (Å²) in [6, 6.07) is 6.10. The van der Waals surface area contributed by atoms with Gasteiger partial charge in [0.1, 0.15) is 0 Å². The minimum atomic E-state index is 0. The highest BCUT2D eigenvalue weighted by molar-refractivity contribution is 5.93. The molecule has 0 spiro atoms. The van der Waals surface area contributed by atoms with Crippen LogP contribution in [-0.4, -0.2) is 4.98 Å². The number of nitrogens with one attached hydrogen (secondary N) is 1. The summed E-state index contributed by atoms with van der Waals surface area (Å²) in [5, 5.41) is 1.08. The zero-order valence-electron chi connectivity index (χ0n) is 9.66. The van der Waals surface area contributed by atoms with Gasteiger partial charge in [0.15, 0.2) is 0 Å². The number of nitrogen functional groups attached to an aromatic ring is 1. The molecule has 3 nitrogen and oxygen atoms in total. The highest BCUT2D eigenvalue weighted by Gasteiger charge is 2.06. The zero-order chi connectivity index (χ0) is 11.0. The van der Waals surface area contributed by atoms with E-state index in [0.717, 1.165) is 22.3 Å². The Balaban J connectivity index is 0.00000128. The lowest BCUT2D eigenvalue weighted by Crippen LogP contribution is -2.08. The summed E-state index contributed by atoms with van der Waals surface area (Å²) in [4.78, 5) is 4.55. The maximum atomic E-state index is 5.50. The van der Waals surface area contributed by atoms with Gasteiger partial charge in [-0.1, -0.05) is 12.1 Å². The van der Waals surface area contributed by atoms with Gasteiger partial charge in [-0.25, -0.2) is 0 Å². The van der Waals surface area contributed by atoms with Crippen molar-refractivity contribution >= 4 is 29.0 Å². The van der Waals surface area contributed by atoms with Crippen molar-refractivity contribution in [3.05, 3.63) is 35.0 Å². The number of hydrazine groups is 1. The fraction of sp³-hybridized carbons (Fsp3) is 0.250. The SMILES string of the molecule is Cc1cc(NN)c2ccc(C)c(C)c2n1.Cl. The van der Waals surface area contributed by atoms with E-state index in [1.54, 1.807) is 0 Å². The van der Waals surface area contributed by atoms with Crippen LogP contribution in [0.2, 0.25) is 0 Å². The third-order valence-electron chi connectivity index (χ3n) is 2.79. The van der Waals surface area contributed by atoms with Crippen LogP contribution < -0.4 is 11.3 Å². The Hall–Kier alpha value is -1.32. The molecule has 0 atom stereocenters. The fourth-order valence-corrected chi connectivity index (χ4v) is 1.78. The van der Waals surface area contributed by atoms with Gasteiger partial charge in [-0.3, -0.25) is 10.8 Å². The van der Waals surface area contributed by atoms with Gasteiger partial charge < -0.3 is 5.43 Å². The van der Waals surface area contributed by atoms with Gasteiger partial charge in [0.05, 0.1) is 11.2 Å². The molecule has 0 unspecified atom stereocenters. The molecule has 3 N–H and O–H groups in total. The van der Waals surface area contributed by atoms with Gasteiger partial charge in [0.25, 0.3) is 0 Å². The number of hydrogen-bond donors (Lipinski definition) is 2. The van der Waals surface area contributed by atoms with Crippen LogP contribution in [0.15, 0.2) is 18.2 Å². The molecule has 0 saturated heterocycles. The molecule has 4 heteroatoms. The van der Waals surface area contributed by atoms with E-state index in [1.165, 1.54) is 11.1 Å². The average Bonchev–Trinajstić information content (AvgIpc) is 2.23. The van der Waals surface area contributed by atoms with E-state index in [4.69, 9.17) is 5.84 Å². The molecule has 2 rings (SSSR count). The van der Waals surface area contributed by atoms with Crippen molar-refractivity contribution in [3.63, 3.8) is 0 Å². The van der Waals surface area contributed by atoms with Gasteiger partial charge in [-0.05, 0) is 38.0 Å². The Morgan fingerprint density at radius 2 is 1.88 bits per heavy atom. The topological polar surface area (TPSA) is 50.9 Å². The molecule has 0 saturated carbocycles. The molecule has 1 aromatic carbocycles. The lowest BCUT2D eigenvalue weighted by Gasteiger charge is -2.10. The summed E-state index contributed by atoms with van der Waals surface area (Å²) in [5.74, 6) is 5.50. The van der Waals surface area contributed by atoms with Crippen molar-refractivity contribution in [3.8, 4) is 0 Å². The molecule has 0 fully saturated rings. The Kier molecular flexibility index (Phi) is 3.73. The standard InChI is InChI=1S/C12H15N3.ClH/c1-7-4-5-10-11(15-13)6-8(2)14-12(10)9(7)3;/h4-6H,13H2,1-3H3,(H,14,15);1H. The number of nitrogens with two attached hydrogens (primary N) is 1. The minimum Gasteiger partial charge on any atom is -0.323 e. The fourth-order valence-electron chi connectivity index (χ4n) is 1.78. The Bertz CT molecular complexity index is 523. The average molecular weight is 238 g/mol. The van der Waals surface area contributed by atoms with Crippen LogP contribution in [-0.2, 0) is 0 Å². The maximum Gasteiger partial charge on any atom is 0.0758 e. The van der Waals surface area contributed by atoms with E-state index in [9.17, 15) is 0 Å². The number of fused-ring (bicyclic) bond motifs is 1. The van der Waals surface area contributed by atoms with Crippen LogP contribution in [0, 0.1) is 20.8 Å². The van der Waals surface area contributed by atoms with Crippen LogP contribution in [0.3, 0.4) is 0 Å². The second kappa shape index (κ2) is 4.68. The molecule has 86 valence electrons. The second-order valence-electron chi connectivity index (χ2n) is 3.86. The molecule has 0 aliphatic heterocycles. The molecular formula is C12H16ClN3. The number of aromatic nitrogens is 1. The lowest BCUT2D eigenvalue weighted by atomic mass is 10.0. The molecule has 2 aromatic rings. The summed E-state index contributed by atoms with van der Waals surface area (Å²) in [6.07, 6.45) is 0. The van der Waals surface area contributed by atoms with E-state index in [2.05, 4.69) is 36.4 Å². The Morgan fingerprint density at radius 1 is 1.19 bits per heavy atom. The predicted molar refractivity (Wildman–Crippen MR) is 71.0 cm³/mol. The van der Waals surface area contributed by atoms with Gasteiger partial charge in [0.2, 0.25) is 0 Å². The number of nitrogens with zero attached hydrogens (tertiary/aromatic N) is 1. The predicted octanol–water partition coefficient (Wildman–Crippen LogP) is 2.87. The monoisotopic (exact) mass is 237 g/mol. The molecule has 0 aliphatic carbocycles. The first kappa shape index (κ1) is 12.7. The first-order valence-corrected chi connectivity index (χ1v) is 4.97. The van der Waals surface area contributed by atoms with Crippen LogP contribution in [0.25, 0.3) is 10.9 Å². The number of pyridine rings is 1. The molecule has 0 bridgehead atoms. The van der Waals surface area contributed by atoms with Gasteiger partial charge in [-0.2, -0.15) is 0 Å². The number of benzene rings is 1. The van der Waals surface area contributed by atoms with E-state index in [0.29, 0.717) is 0 Å². The number of anilines is 1. The molecule has 1 heterocycles. The third kappa shape index (κ3) is 1.96. The quantitative estimate of drug-likeness (QED) is 0.592. The normalized spacial score (nSPS) is 10.0. The molecule has 0 radical (unpaired) electrons. The van der Waals surface area contributed by atoms with Crippen molar-refractivity contribution in [2.45, 2.75) is 20.8 Å². The smallest absolute Gasteiger partial charge is 0.0758 e. The van der Waals surface area contributed by atoms with Crippen molar-refractivity contribution in [1.29, 1.82) is 0 Å². The minimum absolute atomic E-state index is 0. The highest BCUT2D eigenvalue weighted by atomic mass is 35.5. The van der Waals surface area contributed by atoms with Crippen molar-refractivity contribution in [1.82, 2.24) is 4.98 Å². The Morgan fingerprint density at radius 3 is 2.50 bits per heavy atom. The lowest BCUT2D eigenvalue weighted by molar-refractivity contribution is 1.22. The van der Waals surface area contributed by atoms with Crippen LogP contribution in [0.5, 0.6) is 0 Å². The third-order valence-corrected chi connectivity index (χ3v) is 2.79. The number of hydrogen-bond acceptors (Lipinski definition) is 3. The van der Waals surface area contributed by atoms with Crippen LogP contribution >= 0.6 is 12.4 Å². The van der Waals surface area contributed by atoms with E-state index < -0.39 is 0 Å². The molecule has 0 amide bonds. The summed E-state index contributed by atoms with van der Waals surface area (Å²) < 4.78 is 0. The highest BCUT2D eigenvalue weighted by Crippen LogP contribution is 2.26. The second-order valence-corrected chi connectivity index (χ2v) is 3.86. The number of halogens is 1. The molecule has 0 aliphatic rings. The van der Waals surface area contributed by atoms with Crippen molar-refractivity contribution < 1.29 is 0 Å². The largest absolute Gasteiger partial charge is 0.323 e. The number of rotatable bonds is 1. The Labute approximate surface area is 101 Å². The maximum absolute atomic E-state index is 5.50. The van der Waals surface area contributed by atoms with Gasteiger partial charge in [0, 0.05) is 11.1 Å². The molecule has 1 aromatic heterocycles. The molecular weight excluding hydrogens is 222 g/mol.